The van der Waals surface area contributed by atoms with Crippen molar-refractivity contribution in [1.29, 1.82) is 0 Å². The summed E-state index contributed by atoms with van der Waals surface area (Å²) in [5, 5.41) is 9.62. The van der Waals surface area contributed by atoms with Crippen molar-refractivity contribution in [3.8, 4) is 0 Å². The van der Waals surface area contributed by atoms with Crippen LogP contribution in [0.25, 0.3) is 0 Å². The van der Waals surface area contributed by atoms with Gasteiger partial charge in [0, 0.05) is 35.4 Å². The molecule has 2 heterocycles. The van der Waals surface area contributed by atoms with Gasteiger partial charge >= 0.3 is 5.97 Å². The topological polar surface area (TPSA) is 93.5 Å². The maximum absolute atomic E-state index is 13.9. The standard InChI is InChI=1S/C28H34N4O4S/c1-4-36-28(35)20-12-14-22(15-13-20)32(25(33)17-23-11-8-16-37-23)26(24-18-31(3)30-19(24)2)27(34)29-21-9-6-5-7-10-21/h8,11-16,18,21,26H,4-7,9-10,17H2,1-3H3,(H,29,34). The van der Waals surface area contributed by atoms with Gasteiger partial charge in [0.05, 0.1) is 24.3 Å². The lowest BCUT2D eigenvalue weighted by Gasteiger charge is -2.33. The summed E-state index contributed by atoms with van der Waals surface area (Å²) in [5.74, 6) is -0.865. The Balaban J connectivity index is 1.75. The van der Waals surface area contributed by atoms with Gasteiger partial charge in [-0.1, -0.05) is 25.3 Å². The SMILES string of the molecule is CCOC(=O)c1ccc(N(C(=O)Cc2cccs2)C(C(=O)NC2CCCCC2)c2cn(C)nc2C)cc1. The van der Waals surface area contributed by atoms with E-state index in [0.29, 0.717) is 22.5 Å². The molecule has 0 saturated heterocycles. The van der Waals surface area contributed by atoms with Crippen molar-refractivity contribution < 1.29 is 19.1 Å². The summed E-state index contributed by atoms with van der Waals surface area (Å²) in [7, 11) is 1.80. The molecule has 8 nitrogen and oxygen atoms in total. The Hall–Kier alpha value is -3.46. The second-order valence-electron chi connectivity index (χ2n) is 9.38. The molecule has 0 bridgehead atoms. The summed E-state index contributed by atoms with van der Waals surface area (Å²) in [6.45, 7) is 3.88. The molecule has 1 unspecified atom stereocenters. The first kappa shape index (κ1) is 26.6. The molecule has 1 aliphatic rings. The monoisotopic (exact) mass is 522 g/mol. The van der Waals surface area contributed by atoms with E-state index in [1.807, 2.05) is 24.4 Å². The second kappa shape index (κ2) is 12.2. The van der Waals surface area contributed by atoms with Gasteiger partial charge in [0.15, 0.2) is 0 Å². The summed E-state index contributed by atoms with van der Waals surface area (Å²) < 4.78 is 6.77. The van der Waals surface area contributed by atoms with Gasteiger partial charge in [0.2, 0.25) is 11.8 Å². The fourth-order valence-electron chi connectivity index (χ4n) is 4.87. The fraction of sp³-hybridized carbons (Fsp3) is 0.429. The maximum atomic E-state index is 13.9. The number of thiophene rings is 1. The minimum atomic E-state index is -0.906. The smallest absolute Gasteiger partial charge is 0.338 e. The number of nitrogens with zero attached hydrogens (tertiary/aromatic N) is 3. The molecule has 1 aromatic carbocycles. The molecular formula is C28H34N4O4S. The van der Waals surface area contributed by atoms with Crippen LogP contribution in [0.3, 0.4) is 0 Å². The summed E-state index contributed by atoms with van der Waals surface area (Å²) in [5.41, 5.74) is 2.27. The number of benzene rings is 1. The lowest BCUT2D eigenvalue weighted by molar-refractivity contribution is -0.127. The molecule has 3 aromatic rings. The molecule has 4 rings (SSSR count). The number of ether oxygens (including phenoxy) is 1. The number of nitrogens with one attached hydrogen (secondary N) is 1. The van der Waals surface area contributed by atoms with E-state index >= 15 is 0 Å². The van der Waals surface area contributed by atoms with Gasteiger partial charge in [-0.05, 0) is 62.4 Å². The third kappa shape index (κ3) is 6.46. The van der Waals surface area contributed by atoms with E-state index in [0.717, 1.165) is 30.6 Å². The first-order valence-corrected chi connectivity index (χ1v) is 13.7. The Morgan fingerprint density at radius 2 is 1.89 bits per heavy atom. The van der Waals surface area contributed by atoms with E-state index in [1.165, 1.54) is 17.8 Å². The molecule has 1 N–H and O–H groups in total. The Labute approximate surface area is 221 Å². The highest BCUT2D eigenvalue weighted by Crippen LogP contribution is 2.32. The third-order valence-electron chi connectivity index (χ3n) is 6.63. The van der Waals surface area contributed by atoms with Crippen LogP contribution in [-0.4, -0.2) is 40.2 Å². The molecule has 2 amide bonds. The number of hydrogen-bond acceptors (Lipinski definition) is 6. The van der Waals surface area contributed by atoms with Gasteiger partial charge < -0.3 is 10.1 Å². The Bertz CT molecular complexity index is 1210. The number of anilines is 1. The largest absolute Gasteiger partial charge is 0.462 e. The van der Waals surface area contributed by atoms with Gasteiger partial charge in [-0.15, -0.1) is 11.3 Å². The maximum Gasteiger partial charge on any atom is 0.338 e. The zero-order chi connectivity index (χ0) is 26.4. The first-order chi connectivity index (χ1) is 17.9. The average Bonchev–Trinajstić information content (AvgIpc) is 3.51. The second-order valence-corrected chi connectivity index (χ2v) is 10.4. The molecule has 1 fully saturated rings. The van der Waals surface area contributed by atoms with E-state index in [9.17, 15) is 14.4 Å². The minimum absolute atomic E-state index is 0.0844. The van der Waals surface area contributed by atoms with Gasteiger partial charge in [-0.2, -0.15) is 5.10 Å². The van der Waals surface area contributed by atoms with Crippen molar-refractivity contribution in [1.82, 2.24) is 15.1 Å². The van der Waals surface area contributed by atoms with E-state index in [1.54, 1.807) is 54.0 Å². The molecule has 0 aliphatic heterocycles. The number of carbonyl (C=O) groups excluding carboxylic acids is 3. The van der Waals surface area contributed by atoms with Crippen LogP contribution >= 0.6 is 11.3 Å². The first-order valence-electron chi connectivity index (χ1n) is 12.8. The number of hydrogen-bond donors (Lipinski definition) is 1. The quantitative estimate of drug-likeness (QED) is 0.410. The summed E-state index contributed by atoms with van der Waals surface area (Å²) in [6, 6.07) is 9.66. The highest BCUT2D eigenvalue weighted by molar-refractivity contribution is 7.10. The van der Waals surface area contributed by atoms with Crippen LogP contribution in [0.2, 0.25) is 0 Å². The molecule has 37 heavy (non-hydrogen) atoms. The molecular weight excluding hydrogens is 488 g/mol. The van der Waals surface area contributed by atoms with Crippen LogP contribution in [0.5, 0.6) is 0 Å². The van der Waals surface area contributed by atoms with E-state index in [2.05, 4.69) is 10.4 Å². The van der Waals surface area contributed by atoms with Crippen LogP contribution < -0.4 is 10.2 Å². The van der Waals surface area contributed by atoms with Gasteiger partial charge in [0.25, 0.3) is 0 Å². The summed E-state index contributed by atoms with van der Waals surface area (Å²) in [4.78, 5) is 42.5. The highest BCUT2D eigenvalue weighted by atomic mass is 32.1. The highest BCUT2D eigenvalue weighted by Gasteiger charge is 2.36. The normalized spacial score (nSPS) is 14.7. The van der Waals surface area contributed by atoms with E-state index < -0.39 is 12.0 Å². The van der Waals surface area contributed by atoms with E-state index in [-0.39, 0.29) is 30.9 Å². The van der Waals surface area contributed by atoms with Crippen LogP contribution in [-0.2, 0) is 27.8 Å². The zero-order valence-corrected chi connectivity index (χ0v) is 22.4. The zero-order valence-electron chi connectivity index (χ0n) is 21.6. The van der Waals surface area contributed by atoms with Crippen LogP contribution in [0.15, 0.2) is 48.0 Å². The Morgan fingerprint density at radius 3 is 2.49 bits per heavy atom. The molecule has 2 aromatic heterocycles. The van der Waals surface area contributed by atoms with Crippen LogP contribution in [0, 0.1) is 6.92 Å². The number of carbonyl (C=O) groups is 3. The van der Waals surface area contributed by atoms with Crippen LogP contribution in [0.1, 0.15) is 71.6 Å². The van der Waals surface area contributed by atoms with Gasteiger partial charge in [-0.3, -0.25) is 19.2 Å². The lowest BCUT2D eigenvalue weighted by atomic mass is 9.94. The van der Waals surface area contributed by atoms with Crippen molar-refractivity contribution in [3.05, 3.63) is 69.7 Å². The number of aromatic nitrogens is 2. The summed E-state index contributed by atoms with van der Waals surface area (Å²) >= 11 is 1.50. The Kier molecular flexibility index (Phi) is 8.76. The molecule has 196 valence electrons. The minimum Gasteiger partial charge on any atom is -0.462 e. The molecule has 0 spiro atoms. The Morgan fingerprint density at radius 1 is 1.16 bits per heavy atom. The molecule has 9 heteroatoms. The molecule has 1 atom stereocenters. The van der Waals surface area contributed by atoms with Crippen molar-refractivity contribution in [3.63, 3.8) is 0 Å². The third-order valence-corrected chi connectivity index (χ3v) is 7.51. The fourth-order valence-corrected chi connectivity index (χ4v) is 5.56. The molecule has 0 radical (unpaired) electrons. The van der Waals surface area contributed by atoms with Crippen molar-refractivity contribution >= 4 is 34.8 Å². The molecule has 1 saturated carbocycles. The van der Waals surface area contributed by atoms with E-state index in [4.69, 9.17) is 4.74 Å². The molecule has 1 aliphatic carbocycles. The number of rotatable bonds is 9. The lowest BCUT2D eigenvalue weighted by Crippen LogP contribution is -2.47. The van der Waals surface area contributed by atoms with Gasteiger partial charge in [-0.25, -0.2) is 4.79 Å². The van der Waals surface area contributed by atoms with Crippen molar-refractivity contribution in [2.24, 2.45) is 7.05 Å². The predicted octanol–water partition coefficient (Wildman–Crippen LogP) is 4.73. The number of amides is 2. The number of aryl methyl sites for hydroxylation is 2. The van der Waals surface area contributed by atoms with Crippen molar-refractivity contribution in [2.75, 3.05) is 11.5 Å². The van der Waals surface area contributed by atoms with Crippen molar-refractivity contribution in [2.45, 2.75) is 64.5 Å². The summed E-state index contributed by atoms with van der Waals surface area (Å²) in [6.07, 6.45) is 7.16. The number of esters is 1. The van der Waals surface area contributed by atoms with Crippen LogP contribution in [0.4, 0.5) is 5.69 Å². The predicted molar refractivity (Wildman–Crippen MR) is 144 cm³/mol. The van der Waals surface area contributed by atoms with Gasteiger partial charge in [0.1, 0.15) is 6.04 Å². The average molecular weight is 523 g/mol.